The summed E-state index contributed by atoms with van der Waals surface area (Å²) >= 11 is 0. The van der Waals surface area contributed by atoms with Crippen LogP contribution in [0, 0.1) is 13.8 Å². The third kappa shape index (κ3) is 3.51. The summed E-state index contributed by atoms with van der Waals surface area (Å²) in [7, 11) is 1.72. The highest BCUT2D eigenvalue weighted by molar-refractivity contribution is 5.83. The number of fused-ring (bicyclic) bond motifs is 1. The summed E-state index contributed by atoms with van der Waals surface area (Å²) in [6, 6.07) is 5.26. The lowest BCUT2D eigenvalue weighted by Gasteiger charge is -2.38. The van der Waals surface area contributed by atoms with Gasteiger partial charge in [0.05, 0.1) is 6.54 Å². The molecule has 0 radical (unpaired) electrons. The molecule has 0 bridgehead atoms. The average Bonchev–Trinajstić information content (AvgIpc) is 2.99. The molecule has 160 valence electrons. The lowest BCUT2D eigenvalue weighted by molar-refractivity contribution is -0.141. The van der Waals surface area contributed by atoms with Crippen molar-refractivity contribution in [1.29, 1.82) is 0 Å². The number of benzene rings is 1. The molecular weight excluding hydrogens is 388 g/mol. The van der Waals surface area contributed by atoms with E-state index in [0.29, 0.717) is 49.4 Å². The molecule has 1 unspecified atom stereocenters. The number of rotatable bonds is 3. The molecule has 8 heteroatoms. The number of nitrogens with zero attached hydrogens (tertiary/aromatic N) is 2. The standard InChI is InChI=1S/C22H26N2O6/c1-13-14(2)20(26)29-18-11-16(5-6-17(13)18)28-15(3)19(25)24-9-7-22(8-10-24)12-23(4)21(27)30-22/h5-6,11,15H,7-10,12H2,1-4H3. The molecule has 2 saturated heterocycles. The van der Waals surface area contributed by atoms with Gasteiger partial charge in [-0.05, 0) is 38.5 Å². The van der Waals surface area contributed by atoms with Crippen molar-refractivity contribution in [3.05, 3.63) is 39.7 Å². The fraction of sp³-hybridized carbons (Fsp3) is 0.500. The van der Waals surface area contributed by atoms with Gasteiger partial charge in [-0.3, -0.25) is 4.79 Å². The second-order valence-corrected chi connectivity index (χ2v) is 8.29. The van der Waals surface area contributed by atoms with Gasteiger partial charge in [0, 0.05) is 50.0 Å². The molecule has 0 N–H and O–H groups in total. The van der Waals surface area contributed by atoms with Crippen LogP contribution in [0.3, 0.4) is 0 Å². The fourth-order valence-electron chi connectivity index (χ4n) is 4.20. The van der Waals surface area contributed by atoms with Gasteiger partial charge in [-0.25, -0.2) is 9.59 Å². The van der Waals surface area contributed by atoms with Crippen LogP contribution in [-0.4, -0.2) is 60.2 Å². The number of hydrogen-bond donors (Lipinski definition) is 0. The zero-order valence-corrected chi connectivity index (χ0v) is 17.7. The maximum atomic E-state index is 12.9. The predicted octanol–water partition coefficient (Wildman–Crippen LogP) is 2.62. The van der Waals surface area contributed by atoms with Gasteiger partial charge in [-0.15, -0.1) is 0 Å². The Morgan fingerprint density at radius 2 is 1.87 bits per heavy atom. The van der Waals surface area contributed by atoms with Gasteiger partial charge in [0.1, 0.15) is 16.9 Å². The summed E-state index contributed by atoms with van der Waals surface area (Å²) in [5, 5.41) is 0.843. The lowest BCUT2D eigenvalue weighted by Crippen LogP contribution is -2.51. The minimum atomic E-state index is -0.691. The average molecular weight is 414 g/mol. The van der Waals surface area contributed by atoms with Crippen LogP contribution in [0.4, 0.5) is 4.79 Å². The minimum Gasteiger partial charge on any atom is -0.481 e. The molecule has 0 saturated carbocycles. The third-order valence-corrected chi connectivity index (χ3v) is 6.22. The molecule has 30 heavy (non-hydrogen) atoms. The molecule has 4 rings (SSSR count). The first kappa shape index (κ1) is 20.3. The topological polar surface area (TPSA) is 89.3 Å². The summed E-state index contributed by atoms with van der Waals surface area (Å²) in [5.41, 5.74) is 1.03. The van der Waals surface area contributed by atoms with Crippen molar-refractivity contribution in [2.45, 2.75) is 45.3 Å². The van der Waals surface area contributed by atoms with Gasteiger partial charge in [-0.2, -0.15) is 0 Å². The van der Waals surface area contributed by atoms with Gasteiger partial charge in [0.15, 0.2) is 6.10 Å². The number of carbonyl (C=O) groups is 2. The van der Waals surface area contributed by atoms with Crippen LogP contribution >= 0.6 is 0 Å². The Hall–Kier alpha value is -3.03. The van der Waals surface area contributed by atoms with Crippen molar-refractivity contribution in [3.63, 3.8) is 0 Å². The lowest BCUT2D eigenvalue weighted by atomic mass is 9.91. The number of ether oxygens (including phenoxy) is 2. The zero-order chi connectivity index (χ0) is 21.6. The summed E-state index contributed by atoms with van der Waals surface area (Å²) in [5.74, 6) is 0.346. The molecular formula is C22H26N2O6. The van der Waals surface area contributed by atoms with E-state index in [0.717, 1.165) is 10.9 Å². The summed E-state index contributed by atoms with van der Waals surface area (Å²) < 4.78 is 16.8. The number of piperidine rings is 1. The molecule has 1 spiro atoms. The van der Waals surface area contributed by atoms with Crippen LogP contribution in [0.2, 0.25) is 0 Å². The van der Waals surface area contributed by atoms with Crippen LogP contribution in [0.15, 0.2) is 27.4 Å². The largest absolute Gasteiger partial charge is 0.481 e. The van der Waals surface area contributed by atoms with Gasteiger partial charge >= 0.3 is 11.7 Å². The Bertz CT molecular complexity index is 1070. The van der Waals surface area contributed by atoms with Crippen molar-refractivity contribution in [3.8, 4) is 5.75 Å². The molecule has 8 nitrogen and oxygen atoms in total. The van der Waals surface area contributed by atoms with Gasteiger partial charge in [-0.1, -0.05) is 0 Å². The molecule has 2 aliphatic rings. The second kappa shape index (κ2) is 7.34. The third-order valence-electron chi connectivity index (χ3n) is 6.22. The Morgan fingerprint density at radius 3 is 2.50 bits per heavy atom. The van der Waals surface area contributed by atoms with Crippen molar-refractivity contribution >= 4 is 23.0 Å². The quantitative estimate of drug-likeness (QED) is 0.718. The molecule has 0 aliphatic carbocycles. The van der Waals surface area contributed by atoms with Gasteiger partial charge in [0.2, 0.25) is 0 Å². The Labute approximate surface area is 174 Å². The van der Waals surface area contributed by atoms with Crippen molar-refractivity contribution < 1.29 is 23.5 Å². The fourth-order valence-corrected chi connectivity index (χ4v) is 4.20. The van der Waals surface area contributed by atoms with E-state index < -0.39 is 11.7 Å². The first-order chi connectivity index (χ1) is 14.2. The first-order valence-electron chi connectivity index (χ1n) is 10.1. The van der Waals surface area contributed by atoms with Gasteiger partial charge < -0.3 is 23.7 Å². The Kier molecular flexibility index (Phi) is 4.95. The van der Waals surface area contributed by atoms with Crippen LogP contribution in [0.25, 0.3) is 11.0 Å². The van der Waals surface area contributed by atoms with Crippen LogP contribution < -0.4 is 10.4 Å². The molecule has 2 aromatic rings. The smallest absolute Gasteiger partial charge is 0.410 e. The van der Waals surface area contributed by atoms with E-state index in [-0.39, 0.29) is 17.6 Å². The van der Waals surface area contributed by atoms with Crippen LogP contribution in [0.5, 0.6) is 5.75 Å². The second-order valence-electron chi connectivity index (χ2n) is 8.29. The van der Waals surface area contributed by atoms with E-state index in [1.807, 2.05) is 13.0 Å². The monoisotopic (exact) mass is 414 g/mol. The van der Waals surface area contributed by atoms with Crippen LogP contribution in [-0.2, 0) is 9.53 Å². The molecule has 1 aromatic carbocycles. The van der Waals surface area contributed by atoms with E-state index in [1.165, 1.54) is 0 Å². The molecule has 2 fully saturated rings. The van der Waals surface area contributed by atoms with Crippen LogP contribution in [0.1, 0.15) is 30.9 Å². The normalized spacial score (nSPS) is 19.3. The van der Waals surface area contributed by atoms with Gasteiger partial charge in [0.25, 0.3) is 5.91 Å². The summed E-state index contributed by atoms with van der Waals surface area (Å²) in [6.45, 7) is 6.90. The molecule has 2 aliphatic heterocycles. The number of likely N-dealkylation sites (N-methyl/N-ethyl adjacent to an activating group) is 1. The number of carbonyl (C=O) groups excluding carboxylic acids is 2. The van der Waals surface area contributed by atoms with Crippen molar-refractivity contribution in [2.24, 2.45) is 0 Å². The maximum absolute atomic E-state index is 12.9. The van der Waals surface area contributed by atoms with E-state index >= 15 is 0 Å². The van der Waals surface area contributed by atoms with E-state index in [1.54, 1.807) is 42.8 Å². The summed E-state index contributed by atoms with van der Waals surface area (Å²) in [4.78, 5) is 39.8. The zero-order valence-electron chi connectivity index (χ0n) is 17.7. The highest BCUT2D eigenvalue weighted by Gasteiger charge is 2.46. The number of amides is 2. The Morgan fingerprint density at radius 1 is 1.17 bits per heavy atom. The highest BCUT2D eigenvalue weighted by Crippen LogP contribution is 2.33. The molecule has 3 heterocycles. The predicted molar refractivity (Wildman–Crippen MR) is 110 cm³/mol. The summed E-state index contributed by atoms with van der Waals surface area (Å²) in [6.07, 6.45) is 0.228. The minimum absolute atomic E-state index is 0.121. The van der Waals surface area contributed by atoms with E-state index in [9.17, 15) is 14.4 Å². The number of aryl methyl sites for hydroxylation is 1. The first-order valence-corrected chi connectivity index (χ1v) is 10.1. The maximum Gasteiger partial charge on any atom is 0.410 e. The molecule has 1 atom stereocenters. The molecule has 2 amide bonds. The number of likely N-dealkylation sites (tertiary alicyclic amines) is 1. The van der Waals surface area contributed by atoms with Crippen molar-refractivity contribution in [2.75, 3.05) is 26.7 Å². The van der Waals surface area contributed by atoms with E-state index in [2.05, 4.69) is 0 Å². The van der Waals surface area contributed by atoms with E-state index in [4.69, 9.17) is 13.9 Å². The Balaban J connectivity index is 1.42. The SMILES string of the molecule is Cc1c(C)c2ccc(OC(C)C(=O)N3CCC4(CC3)CN(C)C(=O)O4)cc2oc1=O. The highest BCUT2D eigenvalue weighted by atomic mass is 16.6. The number of hydrogen-bond acceptors (Lipinski definition) is 6. The van der Waals surface area contributed by atoms with Crippen molar-refractivity contribution in [1.82, 2.24) is 9.80 Å². The molecule has 1 aromatic heterocycles.